The van der Waals surface area contributed by atoms with Gasteiger partial charge in [0.1, 0.15) is 0 Å². The van der Waals surface area contributed by atoms with E-state index in [0.29, 0.717) is 6.04 Å². The Morgan fingerprint density at radius 2 is 2.00 bits per heavy atom. The van der Waals surface area contributed by atoms with Crippen LogP contribution in [-0.2, 0) is 9.47 Å². The summed E-state index contributed by atoms with van der Waals surface area (Å²) in [5.41, 5.74) is 0.332. The first-order valence-corrected chi connectivity index (χ1v) is 7.44. The summed E-state index contributed by atoms with van der Waals surface area (Å²) in [6.45, 7) is 7.28. The fourth-order valence-corrected chi connectivity index (χ4v) is 3.68. The van der Waals surface area contributed by atoms with Gasteiger partial charge < -0.3 is 14.8 Å². The van der Waals surface area contributed by atoms with Crippen molar-refractivity contribution < 1.29 is 9.47 Å². The molecule has 1 saturated carbocycles. The van der Waals surface area contributed by atoms with Crippen molar-refractivity contribution in [3.05, 3.63) is 0 Å². The molecule has 1 N–H and O–H groups in total. The predicted octanol–water partition coefficient (Wildman–Crippen LogP) is 2.74. The predicted molar refractivity (Wildman–Crippen MR) is 73.8 cm³/mol. The summed E-state index contributed by atoms with van der Waals surface area (Å²) >= 11 is 0. The fraction of sp³-hybridized carbons (Fsp3) is 1.00. The van der Waals surface area contributed by atoms with Crippen molar-refractivity contribution in [1.29, 1.82) is 0 Å². The number of rotatable bonds is 4. The van der Waals surface area contributed by atoms with Crippen molar-refractivity contribution in [3.63, 3.8) is 0 Å². The van der Waals surface area contributed by atoms with Crippen LogP contribution in [0.25, 0.3) is 0 Å². The highest BCUT2D eigenvalue weighted by Crippen LogP contribution is 2.40. The highest BCUT2D eigenvalue weighted by molar-refractivity contribution is 4.99. The molecule has 3 heteroatoms. The molecule has 2 rings (SSSR count). The van der Waals surface area contributed by atoms with Gasteiger partial charge in [-0.25, -0.2) is 0 Å². The van der Waals surface area contributed by atoms with Gasteiger partial charge in [-0.15, -0.1) is 0 Å². The Morgan fingerprint density at radius 3 is 2.67 bits per heavy atom. The van der Waals surface area contributed by atoms with E-state index in [9.17, 15) is 0 Å². The topological polar surface area (TPSA) is 30.5 Å². The first-order valence-electron chi connectivity index (χ1n) is 7.44. The van der Waals surface area contributed by atoms with Crippen LogP contribution >= 0.6 is 0 Å². The minimum atomic E-state index is 0.113. The zero-order valence-electron chi connectivity index (χ0n) is 12.3. The Kier molecular flexibility index (Phi) is 4.68. The fourth-order valence-electron chi connectivity index (χ4n) is 3.68. The SMILES string of the molecule is COCC(C)(C)CC1NCCOC12CCCCC2. The Labute approximate surface area is 112 Å². The molecular weight excluding hydrogens is 226 g/mol. The molecule has 1 heterocycles. The number of nitrogens with one attached hydrogen (secondary N) is 1. The van der Waals surface area contributed by atoms with Gasteiger partial charge in [0, 0.05) is 19.7 Å². The first kappa shape index (κ1) is 14.3. The summed E-state index contributed by atoms with van der Waals surface area (Å²) in [6, 6.07) is 0.497. The molecule has 1 atom stereocenters. The van der Waals surface area contributed by atoms with Crippen LogP contribution in [0.5, 0.6) is 0 Å². The zero-order chi connectivity index (χ0) is 13.1. The molecule has 0 aromatic rings. The smallest absolute Gasteiger partial charge is 0.0835 e. The molecule has 1 unspecified atom stereocenters. The Morgan fingerprint density at radius 1 is 1.28 bits per heavy atom. The van der Waals surface area contributed by atoms with E-state index in [1.54, 1.807) is 7.11 Å². The summed E-state index contributed by atoms with van der Waals surface area (Å²) in [7, 11) is 1.79. The Balaban J connectivity index is 2.03. The van der Waals surface area contributed by atoms with Crippen LogP contribution < -0.4 is 5.32 Å². The average Bonchev–Trinajstić information content (AvgIpc) is 2.33. The molecule has 1 spiro atoms. The van der Waals surface area contributed by atoms with E-state index in [0.717, 1.165) is 26.2 Å². The lowest BCUT2D eigenvalue weighted by Gasteiger charge is -2.49. The van der Waals surface area contributed by atoms with Crippen LogP contribution in [-0.4, -0.2) is 38.5 Å². The molecule has 18 heavy (non-hydrogen) atoms. The number of hydrogen-bond donors (Lipinski definition) is 1. The van der Waals surface area contributed by atoms with Crippen LogP contribution in [0.2, 0.25) is 0 Å². The molecule has 106 valence electrons. The molecule has 2 fully saturated rings. The molecule has 1 aliphatic heterocycles. The molecule has 0 aromatic carbocycles. The van der Waals surface area contributed by atoms with E-state index < -0.39 is 0 Å². The molecule has 1 aliphatic carbocycles. The lowest BCUT2D eigenvalue weighted by atomic mass is 9.72. The lowest BCUT2D eigenvalue weighted by molar-refractivity contribution is -0.127. The van der Waals surface area contributed by atoms with Crippen LogP contribution in [0.3, 0.4) is 0 Å². The second-order valence-corrected chi connectivity index (χ2v) is 6.78. The zero-order valence-corrected chi connectivity index (χ0v) is 12.3. The number of hydrogen-bond acceptors (Lipinski definition) is 3. The summed E-state index contributed by atoms with van der Waals surface area (Å²) < 4.78 is 11.6. The van der Waals surface area contributed by atoms with Gasteiger partial charge in [-0.2, -0.15) is 0 Å². The second kappa shape index (κ2) is 5.89. The monoisotopic (exact) mass is 255 g/mol. The van der Waals surface area contributed by atoms with Gasteiger partial charge in [0.05, 0.1) is 18.8 Å². The summed E-state index contributed by atoms with van der Waals surface area (Å²) in [5.74, 6) is 0. The van der Waals surface area contributed by atoms with Gasteiger partial charge in [0.25, 0.3) is 0 Å². The third-order valence-electron chi connectivity index (χ3n) is 4.51. The molecule has 0 aromatic heterocycles. The van der Waals surface area contributed by atoms with E-state index in [4.69, 9.17) is 9.47 Å². The van der Waals surface area contributed by atoms with Gasteiger partial charge in [0.15, 0.2) is 0 Å². The third-order valence-corrected chi connectivity index (χ3v) is 4.51. The maximum absolute atomic E-state index is 6.24. The highest BCUT2D eigenvalue weighted by Gasteiger charge is 2.44. The van der Waals surface area contributed by atoms with Crippen molar-refractivity contribution in [3.8, 4) is 0 Å². The average molecular weight is 255 g/mol. The Bertz CT molecular complexity index is 251. The Hall–Kier alpha value is -0.120. The quantitative estimate of drug-likeness (QED) is 0.838. The number of ether oxygens (including phenoxy) is 2. The van der Waals surface area contributed by atoms with E-state index in [2.05, 4.69) is 19.2 Å². The van der Waals surface area contributed by atoms with Gasteiger partial charge >= 0.3 is 0 Å². The summed E-state index contributed by atoms with van der Waals surface area (Å²) in [5, 5.41) is 3.71. The van der Waals surface area contributed by atoms with Crippen LogP contribution in [0.1, 0.15) is 52.4 Å². The number of methoxy groups -OCH3 is 1. The molecule has 0 amide bonds. The van der Waals surface area contributed by atoms with Crippen molar-refractivity contribution >= 4 is 0 Å². The third kappa shape index (κ3) is 3.25. The van der Waals surface area contributed by atoms with Gasteiger partial charge in [-0.05, 0) is 24.7 Å². The van der Waals surface area contributed by atoms with Crippen molar-refractivity contribution in [2.24, 2.45) is 5.41 Å². The molecule has 2 aliphatic rings. The van der Waals surface area contributed by atoms with Crippen molar-refractivity contribution in [2.45, 2.75) is 64.0 Å². The molecular formula is C15H29NO2. The summed E-state index contributed by atoms with van der Waals surface area (Å²) in [6.07, 6.45) is 7.62. The van der Waals surface area contributed by atoms with E-state index in [-0.39, 0.29) is 11.0 Å². The van der Waals surface area contributed by atoms with Crippen LogP contribution in [0, 0.1) is 5.41 Å². The van der Waals surface area contributed by atoms with E-state index in [1.165, 1.54) is 32.1 Å². The minimum absolute atomic E-state index is 0.113. The van der Waals surface area contributed by atoms with Crippen LogP contribution in [0.4, 0.5) is 0 Å². The van der Waals surface area contributed by atoms with Gasteiger partial charge in [-0.1, -0.05) is 33.1 Å². The van der Waals surface area contributed by atoms with E-state index in [1.807, 2.05) is 0 Å². The number of morpholine rings is 1. The standard InChI is InChI=1S/C15H29NO2/c1-14(2,12-17-3)11-13-15(18-10-9-16-13)7-5-4-6-8-15/h13,16H,4-12H2,1-3H3. The molecule has 0 bridgehead atoms. The van der Waals surface area contributed by atoms with Gasteiger partial charge in [0.2, 0.25) is 0 Å². The lowest BCUT2D eigenvalue weighted by Crippen LogP contribution is -2.60. The van der Waals surface area contributed by atoms with Gasteiger partial charge in [-0.3, -0.25) is 0 Å². The minimum Gasteiger partial charge on any atom is -0.384 e. The van der Waals surface area contributed by atoms with Crippen molar-refractivity contribution in [2.75, 3.05) is 26.9 Å². The van der Waals surface area contributed by atoms with Crippen molar-refractivity contribution in [1.82, 2.24) is 5.32 Å². The highest BCUT2D eigenvalue weighted by atomic mass is 16.5. The molecule has 0 radical (unpaired) electrons. The maximum Gasteiger partial charge on any atom is 0.0835 e. The maximum atomic E-state index is 6.24. The largest absolute Gasteiger partial charge is 0.384 e. The summed E-state index contributed by atoms with van der Waals surface area (Å²) in [4.78, 5) is 0. The molecule has 3 nitrogen and oxygen atoms in total. The normalized spacial score (nSPS) is 28.5. The molecule has 1 saturated heterocycles. The first-order chi connectivity index (χ1) is 8.58. The second-order valence-electron chi connectivity index (χ2n) is 6.78. The van der Waals surface area contributed by atoms with Crippen LogP contribution in [0.15, 0.2) is 0 Å². The van der Waals surface area contributed by atoms with E-state index >= 15 is 0 Å².